The van der Waals surface area contributed by atoms with Gasteiger partial charge in [-0.2, -0.15) is 0 Å². The first-order valence-electron chi connectivity index (χ1n) is 10.6. The predicted molar refractivity (Wildman–Crippen MR) is 133 cm³/mol. The number of rotatable bonds is 6. The molecule has 3 aromatic carbocycles. The number of amides is 2. The number of aromatic nitrogens is 1. The lowest BCUT2D eigenvalue weighted by Crippen LogP contribution is -2.41. The molecule has 0 aliphatic carbocycles. The molecule has 1 aromatic heterocycles. The summed E-state index contributed by atoms with van der Waals surface area (Å²) in [5.41, 5.74) is 8.28. The van der Waals surface area contributed by atoms with E-state index in [-0.39, 0.29) is 16.2 Å². The Labute approximate surface area is 202 Å². The van der Waals surface area contributed by atoms with Crippen LogP contribution in [0.4, 0.5) is 5.69 Å². The van der Waals surface area contributed by atoms with Crippen LogP contribution in [0.1, 0.15) is 32.0 Å². The number of hydrazine groups is 1. The number of anilines is 1. The fourth-order valence-electron chi connectivity index (χ4n) is 3.65. The van der Waals surface area contributed by atoms with Crippen LogP contribution in [0.5, 0.6) is 5.75 Å². The van der Waals surface area contributed by atoms with Crippen molar-refractivity contribution in [2.45, 2.75) is 18.7 Å². The van der Waals surface area contributed by atoms with Crippen LogP contribution in [0.25, 0.3) is 10.9 Å². The molecule has 35 heavy (non-hydrogen) atoms. The van der Waals surface area contributed by atoms with E-state index in [1.807, 2.05) is 26.0 Å². The van der Waals surface area contributed by atoms with Crippen molar-refractivity contribution in [3.63, 3.8) is 0 Å². The molecule has 4 rings (SSSR count). The Morgan fingerprint density at radius 3 is 2.31 bits per heavy atom. The largest absolute Gasteiger partial charge is 0.497 e. The van der Waals surface area contributed by atoms with Crippen LogP contribution in [0.15, 0.2) is 71.6 Å². The van der Waals surface area contributed by atoms with Crippen molar-refractivity contribution in [2.75, 3.05) is 11.8 Å². The van der Waals surface area contributed by atoms with E-state index in [0.29, 0.717) is 11.4 Å². The predicted octanol–water partition coefficient (Wildman–Crippen LogP) is 3.67. The Hall–Kier alpha value is -4.31. The first-order valence-corrected chi connectivity index (χ1v) is 12.1. The Bertz CT molecular complexity index is 1530. The van der Waals surface area contributed by atoms with Gasteiger partial charge >= 0.3 is 0 Å². The van der Waals surface area contributed by atoms with E-state index >= 15 is 0 Å². The monoisotopic (exact) mass is 492 g/mol. The maximum atomic E-state index is 12.8. The summed E-state index contributed by atoms with van der Waals surface area (Å²) in [4.78, 5) is 28.1. The summed E-state index contributed by atoms with van der Waals surface area (Å²) >= 11 is 0. The van der Waals surface area contributed by atoms with Gasteiger partial charge in [0.05, 0.1) is 12.0 Å². The molecule has 0 unspecified atom stereocenters. The van der Waals surface area contributed by atoms with Gasteiger partial charge < -0.3 is 9.72 Å². The standard InChI is InChI=1S/C25H24N4O5S/c1-15-11-16(2)21-14-23(26-22(21)12-15)25(31)28-27-24(30)17-5-4-6-20(13-17)35(32,33)29-18-7-9-19(34-3)10-8-18/h4-14,26,29H,1-3H3,(H,27,30)(H,28,31). The van der Waals surface area contributed by atoms with Gasteiger partial charge in [0.15, 0.2) is 0 Å². The number of hydrogen-bond donors (Lipinski definition) is 4. The Kier molecular flexibility index (Phi) is 6.48. The molecule has 180 valence electrons. The summed E-state index contributed by atoms with van der Waals surface area (Å²) in [5, 5.41) is 0.911. The Balaban J connectivity index is 1.44. The number of ether oxygens (including phenoxy) is 1. The molecule has 0 saturated carbocycles. The fraction of sp³-hybridized carbons (Fsp3) is 0.120. The van der Waals surface area contributed by atoms with Crippen molar-refractivity contribution in [3.8, 4) is 5.75 Å². The van der Waals surface area contributed by atoms with E-state index in [1.54, 1.807) is 30.3 Å². The van der Waals surface area contributed by atoms with Gasteiger partial charge in [0.2, 0.25) is 0 Å². The molecule has 4 aromatic rings. The van der Waals surface area contributed by atoms with Gasteiger partial charge in [-0.15, -0.1) is 0 Å². The second kappa shape index (κ2) is 9.51. The van der Waals surface area contributed by atoms with Gasteiger partial charge in [-0.25, -0.2) is 8.42 Å². The number of benzene rings is 3. The van der Waals surface area contributed by atoms with Crippen molar-refractivity contribution in [1.29, 1.82) is 0 Å². The first kappa shape index (κ1) is 23.8. The lowest BCUT2D eigenvalue weighted by molar-refractivity contribution is 0.0844. The molecular weight excluding hydrogens is 468 g/mol. The number of carbonyl (C=O) groups excluding carboxylic acids is 2. The van der Waals surface area contributed by atoms with Crippen LogP contribution in [-0.4, -0.2) is 32.3 Å². The lowest BCUT2D eigenvalue weighted by Gasteiger charge is -2.10. The highest BCUT2D eigenvalue weighted by atomic mass is 32.2. The third-order valence-corrected chi connectivity index (χ3v) is 6.75. The smallest absolute Gasteiger partial charge is 0.286 e. The molecule has 0 aliphatic heterocycles. The minimum absolute atomic E-state index is 0.0611. The van der Waals surface area contributed by atoms with Crippen LogP contribution < -0.4 is 20.3 Å². The quantitative estimate of drug-likeness (QED) is 0.305. The highest BCUT2D eigenvalue weighted by Gasteiger charge is 2.18. The van der Waals surface area contributed by atoms with Crippen molar-refractivity contribution >= 4 is 38.4 Å². The normalized spacial score (nSPS) is 11.2. The number of H-pyrrole nitrogens is 1. The topological polar surface area (TPSA) is 129 Å². The summed E-state index contributed by atoms with van der Waals surface area (Å²) in [6, 6.07) is 17.5. The molecule has 4 N–H and O–H groups in total. The van der Waals surface area contributed by atoms with Crippen LogP contribution in [-0.2, 0) is 10.0 Å². The Morgan fingerprint density at radius 1 is 0.886 bits per heavy atom. The average Bonchev–Trinajstić information content (AvgIpc) is 3.27. The maximum absolute atomic E-state index is 12.8. The van der Waals surface area contributed by atoms with E-state index in [9.17, 15) is 18.0 Å². The van der Waals surface area contributed by atoms with Crippen LogP contribution >= 0.6 is 0 Å². The molecule has 10 heteroatoms. The zero-order valence-electron chi connectivity index (χ0n) is 19.3. The molecule has 1 heterocycles. The van der Waals surface area contributed by atoms with Crippen molar-refractivity contribution in [2.24, 2.45) is 0 Å². The number of fused-ring (bicyclic) bond motifs is 1. The average molecular weight is 493 g/mol. The van der Waals surface area contributed by atoms with Crippen LogP contribution in [0.3, 0.4) is 0 Å². The summed E-state index contributed by atoms with van der Waals surface area (Å²) in [6.45, 7) is 3.92. The van der Waals surface area contributed by atoms with Crippen LogP contribution in [0.2, 0.25) is 0 Å². The molecule has 2 amide bonds. The van der Waals surface area contributed by atoms with Crippen molar-refractivity contribution in [3.05, 3.63) is 89.1 Å². The van der Waals surface area contributed by atoms with E-state index in [0.717, 1.165) is 22.0 Å². The van der Waals surface area contributed by atoms with E-state index < -0.39 is 21.8 Å². The van der Waals surface area contributed by atoms with Crippen molar-refractivity contribution in [1.82, 2.24) is 15.8 Å². The number of nitrogens with one attached hydrogen (secondary N) is 4. The van der Waals surface area contributed by atoms with Gasteiger partial charge in [-0.1, -0.05) is 12.1 Å². The third kappa shape index (κ3) is 5.28. The fourth-order valence-corrected chi connectivity index (χ4v) is 4.76. The molecule has 0 saturated heterocycles. The van der Waals surface area contributed by atoms with E-state index in [4.69, 9.17) is 4.74 Å². The van der Waals surface area contributed by atoms with Gasteiger partial charge in [-0.05, 0) is 79.6 Å². The maximum Gasteiger partial charge on any atom is 0.286 e. The van der Waals surface area contributed by atoms with E-state index in [2.05, 4.69) is 20.6 Å². The van der Waals surface area contributed by atoms with Gasteiger partial charge in [0, 0.05) is 22.2 Å². The molecule has 0 radical (unpaired) electrons. The number of hydrogen-bond acceptors (Lipinski definition) is 5. The number of aryl methyl sites for hydroxylation is 2. The number of aromatic amines is 1. The number of methoxy groups -OCH3 is 1. The molecule has 0 bridgehead atoms. The highest BCUT2D eigenvalue weighted by molar-refractivity contribution is 7.92. The minimum atomic E-state index is -3.95. The van der Waals surface area contributed by atoms with Gasteiger partial charge in [0.1, 0.15) is 11.4 Å². The minimum Gasteiger partial charge on any atom is -0.497 e. The molecule has 0 spiro atoms. The number of sulfonamides is 1. The molecule has 9 nitrogen and oxygen atoms in total. The molecule has 0 aliphatic rings. The Morgan fingerprint density at radius 2 is 1.60 bits per heavy atom. The van der Waals surface area contributed by atoms with Gasteiger partial charge in [0.25, 0.3) is 21.8 Å². The zero-order chi connectivity index (χ0) is 25.2. The van der Waals surface area contributed by atoms with Crippen LogP contribution in [0, 0.1) is 13.8 Å². The molecular formula is C25H24N4O5S. The lowest BCUT2D eigenvalue weighted by atomic mass is 10.1. The third-order valence-electron chi connectivity index (χ3n) is 5.37. The first-order chi connectivity index (χ1) is 16.7. The number of carbonyl (C=O) groups is 2. The van der Waals surface area contributed by atoms with Gasteiger partial charge in [-0.3, -0.25) is 25.2 Å². The highest BCUT2D eigenvalue weighted by Crippen LogP contribution is 2.22. The second-order valence-electron chi connectivity index (χ2n) is 8.00. The summed E-state index contributed by atoms with van der Waals surface area (Å²) in [5.74, 6) is -0.606. The summed E-state index contributed by atoms with van der Waals surface area (Å²) in [7, 11) is -2.43. The summed E-state index contributed by atoms with van der Waals surface area (Å²) < 4.78 is 33.1. The molecule has 0 atom stereocenters. The SMILES string of the molecule is COc1ccc(NS(=O)(=O)c2cccc(C(=O)NNC(=O)c3cc4c(C)cc(C)cc4[nH]3)c2)cc1. The second-order valence-corrected chi connectivity index (χ2v) is 9.68. The summed E-state index contributed by atoms with van der Waals surface area (Å²) in [6.07, 6.45) is 0. The van der Waals surface area contributed by atoms with E-state index in [1.165, 1.54) is 31.4 Å². The zero-order valence-corrected chi connectivity index (χ0v) is 20.1. The molecule has 0 fully saturated rings. The van der Waals surface area contributed by atoms with Crippen molar-refractivity contribution < 1.29 is 22.7 Å².